The lowest BCUT2D eigenvalue weighted by atomic mass is 10.1. The number of hydrogen-bond acceptors (Lipinski definition) is 4. The van der Waals surface area contributed by atoms with E-state index >= 15 is 0 Å². The molecule has 0 radical (unpaired) electrons. The number of nitrogens with one attached hydrogen (secondary N) is 2. The highest BCUT2D eigenvalue weighted by molar-refractivity contribution is 6.34. The number of carbonyl (C=O) groups excluding carboxylic acids is 2. The van der Waals surface area contributed by atoms with E-state index in [4.69, 9.17) is 4.42 Å². The monoisotopic (exact) mass is 445 g/mol. The summed E-state index contributed by atoms with van der Waals surface area (Å²) < 4.78 is 20.2. The van der Waals surface area contributed by atoms with Crippen molar-refractivity contribution in [3.8, 4) is 11.3 Å². The predicted molar refractivity (Wildman–Crippen MR) is 125 cm³/mol. The number of furan rings is 1. The Morgan fingerprint density at radius 2 is 1.94 bits per heavy atom. The molecule has 168 valence electrons. The van der Waals surface area contributed by atoms with E-state index in [1.807, 2.05) is 24.3 Å². The van der Waals surface area contributed by atoms with Gasteiger partial charge >= 0.3 is 0 Å². The third kappa shape index (κ3) is 4.59. The van der Waals surface area contributed by atoms with Crippen LogP contribution in [-0.4, -0.2) is 42.9 Å². The highest BCUT2D eigenvalue weighted by Gasteiger charge is 2.24. The van der Waals surface area contributed by atoms with Crippen LogP contribution in [0, 0.1) is 5.82 Å². The molecular formula is C26H24FN3O3. The van der Waals surface area contributed by atoms with Gasteiger partial charge in [0.1, 0.15) is 17.3 Å². The highest BCUT2D eigenvalue weighted by Crippen LogP contribution is 2.34. The maximum Gasteiger partial charge on any atom is 0.256 e. The Hall–Kier alpha value is -3.71. The number of carbonyl (C=O) groups is 2. The summed E-state index contributed by atoms with van der Waals surface area (Å²) in [5.41, 5.74) is 2.77. The summed E-state index contributed by atoms with van der Waals surface area (Å²) in [5.74, 6) is -0.152. The molecule has 0 aliphatic carbocycles. The van der Waals surface area contributed by atoms with Crippen molar-refractivity contribution in [2.75, 3.05) is 31.5 Å². The minimum absolute atomic E-state index is 0.201. The predicted octanol–water partition coefficient (Wildman–Crippen LogP) is 4.40. The van der Waals surface area contributed by atoms with Crippen LogP contribution in [0.15, 0.2) is 59.0 Å². The summed E-state index contributed by atoms with van der Waals surface area (Å²) in [6, 6.07) is 15.0. The number of rotatable bonds is 6. The summed E-state index contributed by atoms with van der Waals surface area (Å²) in [4.78, 5) is 27.2. The van der Waals surface area contributed by atoms with Crippen molar-refractivity contribution in [3.05, 3.63) is 77.3 Å². The smallest absolute Gasteiger partial charge is 0.256 e. The Balaban J connectivity index is 1.33. The first kappa shape index (κ1) is 21.2. The average Bonchev–Trinajstić information content (AvgIpc) is 3.55. The van der Waals surface area contributed by atoms with Gasteiger partial charge in [-0.05, 0) is 68.4 Å². The Morgan fingerprint density at radius 1 is 1.12 bits per heavy atom. The minimum atomic E-state index is -0.516. The van der Waals surface area contributed by atoms with Crippen molar-refractivity contribution in [2.45, 2.75) is 12.8 Å². The molecule has 0 saturated carbocycles. The zero-order valence-electron chi connectivity index (χ0n) is 18.1. The number of benzene rings is 2. The van der Waals surface area contributed by atoms with Crippen LogP contribution >= 0.6 is 0 Å². The highest BCUT2D eigenvalue weighted by atomic mass is 19.1. The first-order chi connectivity index (χ1) is 16.1. The van der Waals surface area contributed by atoms with Gasteiger partial charge < -0.3 is 20.0 Å². The molecular weight excluding hydrogens is 421 g/mol. The molecule has 1 fully saturated rings. The van der Waals surface area contributed by atoms with E-state index in [9.17, 15) is 14.0 Å². The van der Waals surface area contributed by atoms with Crippen LogP contribution in [0.25, 0.3) is 23.0 Å². The number of anilines is 1. The molecule has 0 bridgehead atoms. The lowest BCUT2D eigenvalue weighted by molar-refractivity contribution is -0.110. The Labute approximate surface area is 191 Å². The Morgan fingerprint density at radius 3 is 2.79 bits per heavy atom. The molecule has 2 N–H and O–H groups in total. The first-order valence-electron chi connectivity index (χ1n) is 11.1. The van der Waals surface area contributed by atoms with Crippen molar-refractivity contribution >= 4 is 29.2 Å². The van der Waals surface area contributed by atoms with Gasteiger partial charge in [-0.1, -0.05) is 18.2 Å². The van der Waals surface area contributed by atoms with Gasteiger partial charge in [-0.25, -0.2) is 4.39 Å². The van der Waals surface area contributed by atoms with Gasteiger partial charge in [0.25, 0.3) is 11.8 Å². The molecule has 2 amide bonds. The molecule has 2 aromatic carbocycles. The molecule has 1 aromatic heterocycles. The molecule has 2 aliphatic rings. The van der Waals surface area contributed by atoms with Crippen molar-refractivity contribution in [1.29, 1.82) is 0 Å². The van der Waals surface area contributed by atoms with Gasteiger partial charge in [0, 0.05) is 35.5 Å². The van der Waals surface area contributed by atoms with E-state index in [0.717, 1.165) is 30.9 Å². The SMILES string of the molecule is O=C1Nc2ccccc2C1=Cc1ccc(-c2cc(F)cc(C(=O)NCCN3CCCC3)c2)o1. The third-order valence-electron chi connectivity index (χ3n) is 5.98. The van der Waals surface area contributed by atoms with Crippen LogP contribution in [0.1, 0.15) is 34.5 Å². The van der Waals surface area contributed by atoms with Crippen LogP contribution in [-0.2, 0) is 4.79 Å². The van der Waals surface area contributed by atoms with Gasteiger partial charge in [-0.2, -0.15) is 0 Å². The van der Waals surface area contributed by atoms with E-state index < -0.39 is 5.82 Å². The zero-order valence-corrected chi connectivity index (χ0v) is 18.1. The van der Waals surface area contributed by atoms with E-state index in [2.05, 4.69) is 15.5 Å². The normalized spacial score (nSPS) is 16.8. The van der Waals surface area contributed by atoms with Gasteiger partial charge in [-0.3, -0.25) is 9.59 Å². The number of para-hydroxylation sites is 1. The summed E-state index contributed by atoms with van der Waals surface area (Å²) in [7, 11) is 0. The number of amides is 2. The maximum atomic E-state index is 14.3. The van der Waals surface area contributed by atoms with Crippen LogP contribution in [0.3, 0.4) is 0 Å². The van der Waals surface area contributed by atoms with Crippen LogP contribution in [0.4, 0.5) is 10.1 Å². The molecule has 5 rings (SSSR count). The van der Waals surface area contributed by atoms with Crippen molar-refractivity contribution in [2.24, 2.45) is 0 Å². The zero-order chi connectivity index (χ0) is 22.8. The lowest BCUT2D eigenvalue weighted by Crippen LogP contribution is -2.33. The number of likely N-dealkylation sites (tertiary alicyclic amines) is 1. The topological polar surface area (TPSA) is 74.6 Å². The Kier molecular flexibility index (Phi) is 5.79. The molecule has 0 spiro atoms. The maximum absolute atomic E-state index is 14.3. The number of halogens is 1. The second kappa shape index (κ2) is 9.03. The summed E-state index contributed by atoms with van der Waals surface area (Å²) in [5, 5.41) is 5.69. The molecule has 0 atom stereocenters. The Bertz CT molecular complexity index is 1240. The number of hydrogen-bond donors (Lipinski definition) is 2. The van der Waals surface area contributed by atoms with E-state index in [-0.39, 0.29) is 17.4 Å². The molecule has 0 unspecified atom stereocenters. The summed E-state index contributed by atoms with van der Waals surface area (Å²) >= 11 is 0. The fourth-order valence-corrected chi connectivity index (χ4v) is 4.31. The fourth-order valence-electron chi connectivity index (χ4n) is 4.31. The molecule has 7 heteroatoms. The molecule has 33 heavy (non-hydrogen) atoms. The second-order valence-electron chi connectivity index (χ2n) is 8.29. The third-order valence-corrected chi connectivity index (χ3v) is 5.98. The second-order valence-corrected chi connectivity index (χ2v) is 8.29. The molecule has 2 aliphatic heterocycles. The van der Waals surface area contributed by atoms with E-state index in [1.54, 1.807) is 24.3 Å². The number of nitrogens with zero attached hydrogens (tertiary/aromatic N) is 1. The number of fused-ring (bicyclic) bond motifs is 1. The molecule has 3 aromatic rings. The van der Waals surface area contributed by atoms with Crippen LogP contribution in [0.5, 0.6) is 0 Å². The van der Waals surface area contributed by atoms with Crippen molar-refractivity contribution in [3.63, 3.8) is 0 Å². The van der Waals surface area contributed by atoms with Gasteiger partial charge in [0.15, 0.2) is 0 Å². The van der Waals surface area contributed by atoms with Gasteiger partial charge in [0.2, 0.25) is 0 Å². The first-order valence-corrected chi connectivity index (χ1v) is 11.1. The summed E-state index contributed by atoms with van der Waals surface area (Å²) in [6.07, 6.45) is 4.05. The molecule has 1 saturated heterocycles. The standard InChI is InChI=1S/C26H24FN3O3/c27-19-14-17(13-18(15-19)25(31)28-9-12-30-10-3-4-11-30)24-8-7-20(33-24)16-22-21-5-1-2-6-23(21)29-26(22)32/h1-2,5-8,13-16H,3-4,9-12H2,(H,28,31)(H,29,32). The van der Waals surface area contributed by atoms with Gasteiger partial charge in [0.05, 0.1) is 5.57 Å². The molecule has 6 nitrogen and oxygen atoms in total. The summed E-state index contributed by atoms with van der Waals surface area (Å²) in [6.45, 7) is 3.43. The van der Waals surface area contributed by atoms with E-state index in [1.165, 1.54) is 25.0 Å². The van der Waals surface area contributed by atoms with Crippen LogP contribution in [0.2, 0.25) is 0 Å². The quantitative estimate of drug-likeness (QED) is 0.552. The largest absolute Gasteiger partial charge is 0.457 e. The fraction of sp³-hybridized carbons (Fsp3) is 0.231. The average molecular weight is 445 g/mol. The van der Waals surface area contributed by atoms with Gasteiger partial charge in [-0.15, -0.1) is 0 Å². The van der Waals surface area contributed by atoms with Crippen molar-refractivity contribution < 1.29 is 18.4 Å². The molecule has 3 heterocycles. The van der Waals surface area contributed by atoms with E-state index in [0.29, 0.717) is 29.2 Å². The minimum Gasteiger partial charge on any atom is -0.457 e. The lowest BCUT2D eigenvalue weighted by Gasteiger charge is -2.14. The van der Waals surface area contributed by atoms with Crippen molar-refractivity contribution in [1.82, 2.24) is 10.2 Å². The van der Waals surface area contributed by atoms with Crippen LogP contribution < -0.4 is 10.6 Å².